The molecule has 0 spiro atoms. The molecule has 0 aliphatic carbocycles. The predicted molar refractivity (Wildman–Crippen MR) is 47.7 cm³/mol. The fourth-order valence-electron chi connectivity index (χ4n) is 1.40. The van der Waals surface area contributed by atoms with Gasteiger partial charge in [-0.3, -0.25) is 4.79 Å². The van der Waals surface area contributed by atoms with Crippen molar-refractivity contribution in [2.24, 2.45) is 5.92 Å². The summed E-state index contributed by atoms with van der Waals surface area (Å²) in [5, 5.41) is 0. The first-order chi connectivity index (χ1) is 5.58. The van der Waals surface area contributed by atoms with Crippen LogP contribution < -0.4 is 0 Å². The number of hydrogen-bond donors (Lipinski definition) is 0. The van der Waals surface area contributed by atoms with E-state index in [9.17, 15) is 4.79 Å². The second-order valence-electron chi connectivity index (χ2n) is 3.67. The summed E-state index contributed by atoms with van der Waals surface area (Å²) in [5.41, 5.74) is -0.198. The van der Waals surface area contributed by atoms with E-state index in [1.165, 1.54) is 0 Å². The summed E-state index contributed by atoms with van der Waals surface area (Å²) in [6, 6.07) is 0. The van der Waals surface area contributed by atoms with Gasteiger partial charge in [0.05, 0.1) is 6.42 Å². The average molecular weight is 168 g/mol. The Bertz CT molecular complexity index is 198. The van der Waals surface area contributed by atoms with Gasteiger partial charge in [0, 0.05) is 0 Å². The molecule has 1 aliphatic heterocycles. The summed E-state index contributed by atoms with van der Waals surface area (Å²) in [4.78, 5) is 10.7. The molecular weight excluding hydrogens is 152 g/mol. The number of allylic oxidation sites excluding steroid dienone is 2. The highest BCUT2D eigenvalue weighted by Gasteiger charge is 2.45. The zero-order valence-corrected chi connectivity index (χ0v) is 7.96. The summed E-state index contributed by atoms with van der Waals surface area (Å²) in [5.74, 6) is 0.358. The van der Waals surface area contributed by atoms with Crippen molar-refractivity contribution in [2.75, 3.05) is 0 Å². The molecule has 0 bridgehead atoms. The highest BCUT2D eigenvalue weighted by molar-refractivity contribution is 5.76. The summed E-state index contributed by atoms with van der Waals surface area (Å²) in [6.07, 6.45) is 5.70. The van der Waals surface area contributed by atoms with Crippen LogP contribution in [0, 0.1) is 5.92 Å². The van der Waals surface area contributed by atoms with Gasteiger partial charge in [-0.25, -0.2) is 0 Å². The molecule has 0 aromatic rings. The van der Waals surface area contributed by atoms with E-state index in [0.29, 0.717) is 12.3 Å². The number of rotatable bonds is 3. The van der Waals surface area contributed by atoms with E-state index < -0.39 is 0 Å². The number of esters is 1. The highest BCUT2D eigenvalue weighted by Crippen LogP contribution is 2.36. The van der Waals surface area contributed by atoms with Gasteiger partial charge in [0.1, 0.15) is 5.60 Å². The van der Waals surface area contributed by atoms with E-state index in [4.69, 9.17) is 4.74 Å². The van der Waals surface area contributed by atoms with Crippen LogP contribution in [0.4, 0.5) is 0 Å². The third kappa shape index (κ3) is 1.68. The Morgan fingerprint density at radius 3 is 2.75 bits per heavy atom. The maximum absolute atomic E-state index is 10.7. The van der Waals surface area contributed by atoms with Crippen molar-refractivity contribution >= 4 is 5.97 Å². The molecule has 0 aromatic heterocycles. The molecule has 1 saturated heterocycles. The van der Waals surface area contributed by atoms with E-state index in [1.807, 2.05) is 19.9 Å². The minimum atomic E-state index is -0.198. The second-order valence-corrected chi connectivity index (χ2v) is 3.67. The molecule has 1 rings (SSSR count). The molecule has 0 radical (unpaired) electrons. The van der Waals surface area contributed by atoms with Crippen LogP contribution in [-0.4, -0.2) is 11.6 Å². The summed E-state index contributed by atoms with van der Waals surface area (Å²) < 4.78 is 5.11. The maximum atomic E-state index is 10.7. The van der Waals surface area contributed by atoms with Crippen LogP contribution in [0.15, 0.2) is 12.2 Å². The molecule has 12 heavy (non-hydrogen) atoms. The number of carbonyl (C=O) groups is 1. The Kier molecular flexibility index (Phi) is 2.55. The molecule has 0 aromatic carbocycles. The van der Waals surface area contributed by atoms with E-state index in [0.717, 1.165) is 6.42 Å². The van der Waals surface area contributed by atoms with Crippen molar-refractivity contribution in [3.63, 3.8) is 0 Å². The second kappa shape index (κ2) is 3.30. The molecule has 1 aliphatic rings. The molecular formula is C10H16O2. The zero-order chi connectivity index (χ0) is 9.19. The summed E-state index contributed by atoms with van der Waals surface area (Å²) >= 11 is 0. The molecule has 0 amide bonds. The third-order valence-corrected chi connectivity index (χ3v) is 2.61. The average Bonchev–Trinajstić information content (AvgIpc) is 1.97. The van der Waals surface area contributed by atoms with Gasteiger partial charge in [0.25, 0.3) is 0 Å². The van der Waals surface area contributed by atoms with Crippen molar-refractivity contribution in [1.29, 1.82) is 0 Å². The van der Waals surface area contributed by atoms with Crippen LogP contribution in [0.2, 0.25) is 0 Å². The van der Waals surface area contributed by atoms with Gasteiger partial charge in [-0.2, -0.15) is 0 Å². The predicted octanol–water partition coefficient (Wildman–Crippen LogP) is 2.29. The normalized spacial score (nSPS) is 31.4. The Labute approximate surface area is 73.6 Å². The molecule has 0 N–H and O–H groups in total. The monoisotopic (exact) mass is 168 g/mol. The Morgan fingerprint density at radius 1 is 1.75 bits per heavy atom. The van der Waals surface area contributed by atoms with Gasteiger partial charge in [-0.15, -0.1) is 0 Å². The van der Waals surface area contributed by atoms with Gasteiger partial charge in [0.15, 0.2) is 0 Å². The lowest BCUT2D eigenvalue weighted by Crippen LogP contribution is -2.49. The van der Waals surface area contributed by atoms with Crippen molar-refractivity contribution < 1.29 is 9.53 Å². The van der Waals surface area contributed by atoms with Gasteiger partial charge < -0.3 is 4.74 Å². The Hall–Kier alpha value is -0.790. The van der Waals surface area contributed by atoms with Gasteiger partial charge in [-0.05, 0) is 26.2 Å². The number of cyclic esters (lactones) is 1. The van der Waals surface area contributed by atoms with Crippen LogP contribution in [0.1, 0.15) is 33.6 Å². The maximum Gasteiger partial charge on any atom is 0.310 e. The van der Waals surface area contributed by atoms with E-state index in [-0.39, 0.29) is 11.6 Å². The lowest BCUT2D eigenvalue weighted by molar-refractivity contribution is -0.196. The molecule has 68 valence electrons. The fraction of sp³-hybridized carbons (Fsp3) is 0.700. The van der Waals surface area contributed by atoms with E-state index in [1.54, 1.807) is 0 Å². The van der Waals surface area contributed by atoms with Gasteiger partial charge in [0.2, 0.25) is 0 Å². The lowest BCUT2D eigenvalue weighted by atomic mass is 9.81. The molecule has 1 fully saturated rings. The third-order valence-electron chi connectivity index (χ3n) is 2.61. The van der Waals surface area contributed by atoms with Crippen LogP contribution in [0.3, 0.4) is 0 Å². The SMILES string of the molecule is CC=CCC(C)C1(C)CC(=O)O1. The quantitative estimate of drug-likeness (QED) is 0.477. The minimum absolute atomic E-state index is 0.0650. The van der Waals surface area contributed by atoms with Gasteiger partial charge in [-0.1, -0.05) is 19.1 Å². The first-order valence-corrected chi connectivity index (χ1v) is 4.41. The fourth-order valence-corrected chi connectivity index (χ4v) is 1.40. The molecule has 1 heterocycles. The minimum Gasteiger partial charge on any atom is -0.458 e. The first kappa shape index (κ1) is 9.30. The van der Waals surface area contributed by atoms with E-state index >= 15 is 0 Å². The summed E-state index contributed by atoms with van der Waals surface area (Å²) in [7, 11) is 0. The van der Waals surface area contributed by atoms with Crippen LogP contribution in [-0.2, 0) is 9.53 Å². The smallest absolute Gasteiger partial charge is 0.310 e. The van der Waals surface area contributed by atoms with Crippen LogP contribution in [0.25, 0.3) is 0 Å². The first-order valence-electron chi connectivity index (χ1n) is 4.41. The van der Waals surface area contributed by atoms with Crippen molar-refractivity contribution in [3.05, 3.63) is 12.2 Å². The van der Waals surface area contributed by atoms with Crippen molar-refractivity contribution in [1.82, 2.24) is 0 Å². The lowest BCUT2D eigenvalue weighted by Gasteiger charge is -2.41. The Morgan fingerprint density at radius 2 is 2.33 bits per heavy atom. The van der Waals surface area contributed by atoms with Crippen LogP contribution in [0.5, 0.6) is 0 Å². The topological polar surface area (TPSA) is 26.3 Å². The standard InChI is InChI=1S/C10H16O2/c1-4-5-6-8(2)10(3)7-9(11)12-10/h4-5,8H,6-7H2,1-3H3. The number of carbonyl (C=O) groups excluding carboxylic acids is 1. The summed E-state index contributed by atoms with van der Waals surface area (Å²) in [6.45, 7) is 6.12. The number of hydrogen-bond acceptors (Lipinski definition) is 2. The molecule has 2 heteroatoms. The molecule has 2 nitrogen and oxygen atoms in total. The van der Waals surface area contributed by atoms with Gasteiger partial charge >= 0.3 is 5.97 Å². The molecule has 0 saturated carbocycles. The van der Waals surface area contributed by atoms with Crippen LogP contribution >= 0.6 is 0 Å². The van der Waals surface area contributed by atoms with E-state index in [2.05, 4.69) is 13.0 Å². The highest BCUT2D eigenvalue weighted by atomic mass is 16.6. The molecule has 2 unspecified atom stereocenters. The van der Waals surface area contributed by atoms with Crippen molar-refractivity contribution in [2.45, 2.75) is 39.2 Å². The van der Waals surface area contributed by atoms with Crippen molar-refractivity contribution in [3.8, 4) is 0 Å². The molecule has 2 atom stereocenters. The number of ether oxygens (including phenoxy) is 1. The zero-order valence-electron chi connectivity index (χ0n) is 7.96. The Balaban J connectivity index is 2.41. The largest absolute Gasteiger partial charge is 0.458 e.